The summed E-state index contributed by atoms with van der Waals surface area (Å²) in [7, 11) is 0. The van der Waals surface area contributed by atoms with E-state index in [0.717, 1.165) is 44.5 Å². The van der Waals surface area contributed by atoms with Crippen molar-refractivity contribution in [2.45, 2.75) is 26.7 Å². The fourth-order valence-corrected chi connectivity index (χ4v) is 5.25. The highest BCUT2D eigenvalue weighted by atomic mass is 16.6. The Bertz CT molecular complexity index is 1310. The molecule has 0 spiro atoms. The van der Waals surface area contributed by atoms with E-state index in [1.807, 2.05) is 36.4 Å². The minimum Gasteiger partial charge on any atom is -0.465 e. The summed E-state index contributed by atoms with van der Waals surface area (Å²) in [5.74, 6) is -1.08. The van der Waals surface area contributed by atoms with Crippen molar-refractivity contribution in [1.29, 1.82) is 0 Å². The lowest BCUT2D eigenvalue weighted by atomic mass is 9.77. The molecule has 0 heterocycles. The summed E-state index contributed by atoms with van der Waals surface area (Å²) in [4.78, 5) is 27.2. The van der Waals surface area contributed by atoms with Crippen LogP contribution in [-0.4, -0.2) is 25.2 Å². The zero-order valence-corrected chi connectivity index (χ0v) is 21.2. The van der Waals surface area contributed by atoms with Gasteiger partial charge in [-0.3, -0.25) is 9.59 Å². The fraction of sp³-hybridized carbons (Fsp3) is 0.212. The predicted octanol–water partition coefficient (Wildman–Crippen LogP) is 6.90. The maximum Gasteiger partial charge on any atom is 0.324 e. The Morgan fingerprint density at radius 1 is 0.595 bits per heavy atom. The van der Waals surface area contributed by atoms with Crippen LogP contribution in [0.3, 0.4) is 0 Å². The molecule has 0 unspecified atom stereocenters. The summed E-state index contributed by atoms with van der Waals surface area (Å²) in [5.41, 5.74) is 6.63. The van der Waals surface area contributed by atoms with Gasteiger partial charge in [0.05, 0.1) is 13.2 Å². The number of carbonyl (C=O) groups is 2. The highest BCUT2D eigenvalue weighted by Crippen LogP contribution is 2.44. The Morgan fingerprint density at radius 2 is 1.00 bits per heavy atom. The number of hydrogen-bond donors (Lipinski definition) is 0. The lowest BCUT2D eigenvalue weighted by Gasteiger charge is -2.28. The molecule has 0 aromatic heterocycles. The monoisotopic (exact) mass is 490 g/mol. The molecule has 1 aliphatic carbocycles. The molecular formula is C33H30O4. The Labute approximate surface area is 217 Å². The fourth-order valence-electron chi connectivity index (χ4n) is 5.25. The highest BCUT2D eigenvalue weighted by molar-refractivity contribution is 6.02. The number of benzene rings is 4. The van der Waals surface area contributed by atoms with Crippen LogP contribution in [0, 0.1) is 5.41 Å². The van der Waals surface area contributed by atoms with Crippen LogP contribution in [0.4, 0.5) is 0 Å². The molecule has 0 N–H and O–H groups in total. The maximum absolute atomic E-state index is 13.6. The predicted molar refractivity (Wildman–Crippen MR) is 146 cm³/mol. The lowest BCUT2D eigenvalue weighted by Crippen LogP contribution is -2.45. The van der Waals surface area contributed by atoms with E-state index in [-0.39, 0.29) is 26.1 Å². The second kappa shape index (κ2) is 10.4. The van der Waals surface area contributed by atoms with Gasteiger partial charge in [0.1, 0.15) is 0 Å². The number of ether oxygens (including phenoxy) is 2. The van der Waals surface area contributed by atoms with Crippen molar-refractivity contribution < 1.29 is 19.1 Å². The average molecular weight is 491 g/mol. The second-order valence-electron chi connectivity index (χ2n) is 9.35. The van der Waals surface area contributed by atoms with E-state index in [9.17, 15) is 9.59 Å². The van der Waals surface area contributed by atoms with E-state index < -0.39 is 17.4 Å². The first-order valence-corrected chi connectivity index (χ1v) is 12.8. The molecule has 4 aromatic carbocycles. The first-order valence-electron chi connectivity index (χ1n) is 12.8. The number of hydrogen-bond acceptors (Lipinski definition) is 4. The zero-order valence-electron chi connectivity index (χ0n) is 21.2. The van der Waals surface area contributed by atoms with Gasteiger partial charge in [0.15, 0.2) is 5.41 Å². The van der Waals surface area contributed by atoms with Crippen LogP contribution in [0.5, 0.6) is 0 Å². The smallest absolute Gasteiger partial charge is 0.324 e. The topological polar surface area (TPSA) is 52.6 Å². The SMILES string of the molecule is CCOC(=O)C1(C(=O)OCC)Cc2cc(-c3ccccc3)ccc2-c2ccc(-c3ccccc3)cc2C1. The van der Waals surface area contributed by atoms with Crippen molar-refractivity contribution in [3.8, 4) is 33.4 Å². The molecule has 1 aliphatic rings. The van der Waals surface area contributed by atoms with E-state index in [2.05, 4.69) is 60.7 Å². The summed E-state index contributed by atoms with van der Waals surface area (Å²) in [6, 6.07) is 32.8. The Kier molecular flexibility index (Phi) is 6.91. The van der Waals surface area contributed by atoms with Crippen LogP contribution in [0.15, 0.2) is 97.1 Å². The van der Waals surface area contributed by atoms with E-state index in [0.29, 0.717) is 0 Å². The molecule has 4 nitrogen and oxygen atoms in total. The summed E-state index contributed by atoms with van der Waals surface area (Å²) in [6.45, 7) is 3.90. The first-order chi connectivity index (χ1) is 18.1. The molecule has 0 fully saturated rings. The quantitative estimate of drug-likeness (QED) is 0.218. The van der Waals surface area contributed by atoms with Gasteiger partial charge in [-0.1, -0.05) is 97.1 Å². The van der Waals surface area contributed by atoms with Crippen LogP contribution in [0.2, 0.25) is 0 Å². The molecule has 0 aliphatic heterocycles. The highest BCUT2D eigenvalue weighted by Gasteiger charge is 2.51. The lowest BCUT2D eigenvalue weighted by molar-refractivity contribution is -0.172. The molecular weight excluding hydrogens is 460 g/mol. The molecule has 37 heavy (non-hydrogen) atoms. The van der Waals surface area contributed by atoms with Crippen LogP contribution in [-0.2, 0) is 31.9 Å². The molecule has 4 aromatic rings. The number of fused-ring (bicyclic) bond motifs is 3. The Hall–Kier alpha value is -4.18. The first kappa shape index (κ1) is 24.5. The Morgan fingerprint density at radius 3 is 1.38 bits per heavy atom. The number of esters is 2. The van der Waals surface area contributed by atoms with Crippen LogP contribution in [0.25, 0.3) is 33.4 Å². The third-order valence-electron chi connectivity index (χ3n) is 7.03. The van der Waals surface area contributed by atoms with Crippen molar-refractivity contribution in [3.05, 3.63) is 108 Å². The standard InChI is InChI=1S/C33H30O4/c1-3-36-31(34)33(32(35)37-4-2)21-27-19-25(23-11-7-5-8-12-23)15-17-29(27)30-18-16-26(20-28(30)22-33)24-13-9-6-10-14-24/h5-20H,3-4,21-22H2,1-2H3. The molecule has 4 heteroatoms. The third kappa shape index (κ3) is 4.67. The van der Waals surface area contributed by atoms with Crippen molar-refractivity contribution in [2.75, 3.05) is 13.2 Å². The molecule has 0 amide bonds. The normalized spacial score (nSPS) is 13.6. The molecule has 186 valence electrons. The number of rotatable bonds is 6. The summed E-state index contributed by atoms with van der Waals surface area (Å²) in [5, 5.41) is 0. The van der Waals surface area contributed by atoms with Crippen molar-refractivity contribution >= 4 is 11.9 Å². The third-order valence-corrected chi connectivity index (χ3v) is 7.03. The van der Waals surface area contributed by atoms with Crippen molar-refractivity contribution in [1.82, 2.24) is 0 Å². The van der Waals surface area contributed by atoms with Gasteiger partial charge in [-0.25, -0.2) is 0 Å². The largest absolute Gasteiger partial charge is 0.465 e. The van der Waals surface area contributed by atoms with Gasteiger partial charge >= 0.3 is 11.9 Å². The van der Waals surface area contributed by atoms with Crippen molar-refractivity contribution in [3.63, 3.8) is 0 Å². The minimum absolute atomic E-state index is 0.188. The van der Waals surface area contributed by atoms with E-state index in [1.54, 1.807) is 13.8 Å². The van der Waals surface area contributed by atoms with Crippen LogP contribution >= 0.6 is 0 Å². The summed E-state index contributed by atoms with van der Waals surface area (Å²) < 4.78 is 11.1. The van der Waals surface area contributed by atoms with Crippen molar-refractivity contribution in [2.24, 2.45) is 5.41 Å². The Balaban J connectivity index is 1.73. The molecule has 5 rings (SSSR count). The average Bonchev–Trinajstić information content (AvgIpc) is 3.08. The maximum atomic E-state index is 13.6. The van der Waals surface area contributed by atoms with Gasteiger partial charge in [0, 0.05) is 12.8 Å². The molecule has 0 bridgehead atoms. The van der Waals surface area contributed by atoms with Crippen LogP contribution < -0.4 is 0 Å². The van der Waals surface area contributed by atoms with Gasteiger partial charge in [-0.2, -0.15) is 0 Å². The van der Waals surface area contributed by atoms with Gasteiger partial charge in [-0.15, -0.1) is 0 Å². The van der Waals surface area contributed by atoms with Gasteiger partial charge in [0.25, 0.3) is 0 Å². The minimum atomic E-state index is -1.48. The molecule has 0 saturated heterocycles. The zero-order chi connectivity index (χ0) is 25.8. The summed E-state index contributed by atoms with van der Waals surface area (Å²) >= 11 is 0. The van der Waals surface area contributed by atoms with Gasteiger partial charge < -0.3 is 9.47 Å². The van der Waals surface area contributed by atoms with E-state index >= 15 is 0 Å². The second-order valence-corrected chi connectivity index (χ2v) is 9.35. The van der Waals surface area contributed by atoms with Gasteiger partial charge in [-0.05, 0) is 58.4 Å². The van der Waals surface area contributed by atoms with E-state index in [4.69, 9.17) is 9.47 Å². The van der Waals surface area contributed by atoms with Gasteiger partial charge in [0.2, 0.25) is 0 Å². The summed E-state index contributed by atoms with van der Waals surface area (Å²) in [6.07, 6.45) is 0.409. The van der Waals surface area contributed by atoms with Crippen LogP contribution in [0.1, 0.15) is 25.0 Å². The molecule has 0 atom stereocenters. The molecule has 0 radical (unpaired) electrons. The molecule has 0 saturated carbocycles. The number of carbonyl (C=O) groups excluding carboxylic acids is 2. The van der Waals surface area contributed by atoms with E-state index in [1.165, 1.54) is 0 Å².